The molecule has 1 amide bonds. The molecule has 4 rings (SSSR count). The van der Waals surface area contributed by atoms with Gasteiger partial charge in [-0.1, -0.05) is 32.9 Å². The molecule has 1 aliphatic rings. The molecule has 1 aliphatic heterocycles. The van der Waals surface area contributed by atoms with E-state index in [4.69, 9.17) is 4.98 Å². The molecule has 0 saturated carbocycles. The lowest BCUT2D eigenvalue weighted by Crippen LogP contribution is -2.50. The zero-order chi connectivity index (χ0) is 25.5. The van der Waals surface area contributed by atoms with Crippen LogP contribution in [0.1, 0.15) is 38.8 Å². The van der Waals surface area contributed by atoms with Gasteiger partial charge in [0, 0.05) is 51.9 Å². The van der Waals surface area contributed by atoms with Gasteiger partial charge in [-0.05, 0) is 48.6 Å². The lowest BCUT2D eigenvalue weighted by atomic mass is 9.97. The van der Waals surface area contributed by atoms with Gasteiger partial charge < -0.3 is 10.0 Å². The number of aliphatic hydroxyl groups excluding tert-OH is 1. The molecule has 0 unspecified atom stereocenters. The van der Waals surface area contributed by atoms with E-state index in [2.05, 4.69) is 50.8 Å². The Balaban J connectivity index is 1.57. The zero-order valence-corrected chi connectivity index (χ0v) is 21.7. The lowest BCUT2D eigenvalue weighted by molar-refractivity contribution is -0.141. The van der Waals surface area contributed by atoms with Crippen LogP contribution in [0.4, 0.5) is 0 Å². The summed E-state index contributed by atoms with van der Waals surface area (Å²) in [5.41, 5.74) is 5.72. The largest absolute Gasteiger partial charge is 0.384 e. The van der Waals surface area contributed by atoms with Crippen LogP contribution in [0.3, 0.4) is 0 Å². The van der Waals surface area contributed by atoms with Crippen LogP contribution < -0.4 is 5.69 Å². The average molecular weight is 480 g/mol. The highest BCUT2D eigenvalue weighted by atomic mass is 16.3. The van der Waals surface area contributed by atoms with Crippen molar-refractivity contribution in [2.24, 2.45) is 12.5 Å². The van der Waals surface area contributed by atoms with Gasteiger partial charge in [0.05, 0.1) is 11.2 Å². The third-order valence-corrected chi connectivity index (χ3v) is 6.64. The fourth-order valence-electron chi connectivity index (χ4n) is 4.74. The summed E-state index contributed by atoms with van der Waals surface area (Å²) in [5.74, 6) is -0.200. The van der Waals surface area contributed by atoms with E-state index in [0.29, 0.717) is 25.3 Å². The first kappa shape index (κ1) is 25.1. The predicted molar refractivity (Wildman–Crippen MR) is 138 cm³/mol. The molecule has 0 radical (unpaired) electrons. The summed E-state index contributed by atoms with van der Waals surface area (Å²) in [7, 11) is 1.78. The van der Waals surface area contributed by atoms with Gasteiger partial charge in [0.15, 0.2) is 5.65 Å². The summed E-state index contributed by atoms with van der Waals surface area (Å²) in [6, 6.07) is 10.5. The second kappa shape index (κ2) is 9.59. The highest BCUT2D eigenvalue weighted by Gasteiger charge is 2.24. The number of amides is 1. The van der Waals surface area contributed by atoms with Crippen LogP contribution >= 0.6 is 0 Å². The van der Waals surface area contributed by atoms with Crippen molar-refractivity contribution >= 4 is 17.1 Å². The number of benzene rings is 1. The van der Waals surface area contributed by atoms with Gasteiger partial charge in [-0.15, -0.1) is 0 Å². The van der Waals surface area contributed by atoms with Crippen LogP contribution in [-0.2, 0) is 24.9 Å². The maximum atomic E-state index is 12.9. The molecule has 3 heterocycles. The normalized spacial score (nSPS) is 16.1. The summed E-state index contributed by atoms with van der Waals surface area (Å²) in [5, 5.41) is 9.56. The minimum absolute atomic E-state index is 0.0170. The molecule has 1 N–H and O–H groups in total. The molecule has 0 aliphatic carbocycles. The molecule has 2 aromatic heterocycles. The second-order valence-electron chi connectivity index (χ2n) is 11.0. The molecule has 1 fully saturated rings. The average Bonchev–Trinajstić information content (AvgIpc) is 3.03. The Hall–Kier alpha value is -2.97. The Kier molecular flexibility index (Phi) is 6.88. The summed E-state index contributed by atoms with van der Waals surface area (Å²) >= 11 is 0. The van der Waals surface area contributed by atoms with Crippen LogP contribution in [0.15, 0.2) is 35.1 Å². The highest BCUT2D eigenvalue weighted by molar-refractivity contribution is 5.80. The number of rotatable bonds is 5. The molecule has 0 spiro atoms. The van der Waals surface area contributed by atoms with E-state index in [-0.39, 0.29) is 17.0 Å². The first-order valence-electron chi connectivity index (χ1n) is 12.3. The fraction of sp³-hybridized carbons (Fsp3) is 0.519. The minimum atomic E-state index is -0.948. The van der Waals surface area contributed by atoms with Crippen molar-refractivity contribution < 1.29 is 9.90 Å². The lowest BCUT2D eigenvalue weighted by Gasteiger charge is -2.35. The number of hydrogen-bond acceptors (Lipinski definition) is 5. The second-order valence-corrected chi connectivity index (χ2v) is 11.0. The molecular weight excluding hydrogens is 442 g/mol. The van der Waals surface area contributed by atoms with Crippen molar-refractivity contribution in [1.29, 1.82) is 0 Å². The number of hydrogen-bond donors (Lipinski definition) is 1. The van der Waals surface area contributed by atoms with Gasteiger partial charge in [-0.2, -0.15) is 0 Å². The maximum Gasteiger partial charge on any atom is 0.330 e. The Labute approximate surface area is 206 Å². The number of carbonyl (C=O) groups excluding carboxylic acids is 1. The SMILES string of the molecule is Cc1ccc(CN2CCN(C(=O)[C@@H](C)O)CC2)cc1-c1ccc2c(n1)n(C)c(=O)n2CC(C)(C)C. The topological polar surface area (TPSA) is 83.6 Å². The number of piperazine rings is 1. The van der Waals surface area contributed by atoms with Gasteiger partial charge in [0.25, 0.3) is 5.91 Å². The number of pyridine rings is 1. The first-order chi connectivity index (χ1) is 16.4. The molecule has 3 aromatic rings. The van der Waals surface area contributed by atoms with Gasteiger partial charge in [0.1, 0.15) is 6.10 Å². The standard InChI is InChI=1S/C27H37N5O3/c1-18-7-8-20(16-30-11-13-31(14-12-30)25(34)19(2)33)15-21(18)22-9-10-23-24(28-22)29(6)26(35)32(23)17-27(3,4)5/h7-10,15,19,33H,11-14,16-17H2,1-6H3/t19-/m1/s1. The van der Waals surface area contributed by atoms with Gasteiger partial charge in [-0.3, -0.25) is 18.8 Å². The number of fused-ring (bicyclic) bond motifs is 1. The van der Waals surface area contributed by atoms with Gasteiger partial charge >= 0.3 is 5.69 Å². The monoisotopic (exact) mass is 479 g/mol. The van der Waals surface area contributed by atoms with Crippen LogP contribution in [0.5, 0.6) is 0 Å². The summed E-state index contributed by atoms with van der Waals surface area (Å²) in [6.07, 6.45) is -0.948. The van der Waals surface area contributed by atoms with Gasteiger partial charge in [-0.25, -0.2) is 9.78 Å². The Morgan fingerprint density at radius 1 is 1.11 bits per heavy atom. The smallest absolute Gasteiger partial charge is 0.330 e. The molecule has 188 valence electrons. The van der Waals surface area contributed by atoms with Crippen LogP contribution in [0.2, 0.25) is 0 Å². The number of aromatic nitrogens is 3. The molecule has 0 bridgehead atoms. The van der Waals surface area contributed by atoms with Crippen molar-refractivity contribution in [3.05, 3.63) is 51.9 Å². The molecule has 8 heteroatoms. The van der Waals surface area contributed by atoms with Crippen LogP contribution in [0.25, 0.3) is 22.4 Å². The summed E-state index contributed by atoms with van der Waals surface area (Å²) < 4.78 is 3.45. The summed E-state index contributed by atoms with van der Waals surface area (Å²) in [4.78, 5) is 33.9. The Bertz CT molecular complexity index is 1290. The Morgan fingerprint density at radius 2 is 1.80 bits per heavy atom. The first-order valence-corrected chi connectivity index (χ1v) is 12.3. The van der Waals surface area contributed by atoms with Crippen molar-refractivity contribution in [3.8, 4) is 11.3 Å². The number of imidazole rings is 1. The Morgan fingerprint density at radius 3 is 2.43 bits per heavy atom. The number of aliphatic hydroxyl groups is 1. The third kappa shape index (κ3) is 5.33. The molecule has 35 heavy (non-hydrogen) atoms. The highest BCUT2D eigenvalue weighted by Crippen LogP contribution is 2.27. The zero-order valence-electron chi connectivity index (χ0n) is 21.7. The van der Waals surface area contributed by atoms with Crippen LogP contribution in [0, 0.1) is 12.3 Å². The fourth-order valence-corrected chi connectivity index (χ4v) is 4.74. The summed E-state index contributed by atoms with van der Waals surface area (Å²) in [6.45, 7) is 14.2. The number of carbonyl (C=O) groups is 1. The molecule has 1 saturated heterocycles. The predicted octanol–water partition coefficient (Wildman–Crippen LogP) is 2.78. The van der Waals surface area contributed by atoms with E-state index in [1.54, 1.807) is 16.5 Å². The van der Waals surface area contributed by atoms with E-state index in [1.807, 2.05) is 16.7 Å². The van der Waals surface area contributed by atoms with Crippen LogP contribution in [-0.4, -0.2) is 67.2 Å². The third-order valence-electron chi connectivity index (χ3n) is 6.64. The minimum Gasteiger partial charge on any atom is -0.384 e. The molecular formula is C27H37N5O3. The quantitative estimate of drug-likeness (QED) is 0.609. The van der Waals surface area contributed by atoms with E-state index >= 15 is 0 Å². The van der Waals surface area contributed by atoms with E-state index in [9.17, 15) is 14.7 Å². The van der Waals surface area contributed by atoms with Crippen molar-refractivity contribution in [1.82, 2.24) is 23.9 Å². The number of nitrogens with zero attached hydrogens (tertiary/aromatic N) is 5. The van der Waals surface area contributed by atoms with E-state index in [0.717, 1.165) is 42.0 Å². The molecule has 1 aromatic carbocycles. The van der Waals surface area contributed by atoms with E-state index < -0.39 is 6.10 Å². The number of aryl methyl sites for hydroxylation is 2. The molecule has 8 nitrogen and oxygen atoms in total. The van der Waals surface area contributed by atoms with Crippen molar-refractivity contribution in [2.75, 3.05) is 26.2 Å². The van der Waals surface area contributed by atoms with Crippen molar-refractivity contribution in [3.63, 3.8) is 0 Å². The van der Waals surface area contributed by atoms with Crippen molar-refractivity contribution in [2.45, 2.75) is 53.8 Å². The van der Waals surface area contributed by atoms with E-state index in [1.165, 1.54) is 12.5 Å². The van der Waals surface area contributed by atoms with Gasteiger partial charge in [0.2, 0.25) is 0 Å². The maximum absolute atomic E-state index is 12.9. The molecule has 1 atom stereocenters.